The highest BCUT2D eigenvalue weighted by Crippen LogP contribution is 2.48. The highest BCUT2D eigenvalue weighted by molar-refractivity contribution is 7.80. The molecule has 1 fully saturated rings. The van der Waals surface area contributed by atoms with E-state index in [4.69, 9.17) is 21.7 Å². The smallest absolute Gasteiger partial charge is 0.323 e. The van der Waals surface area contributed by atoms with Crippen LogP contribution in [-0.4, -0.2) is 36.0 Å². The third kappa shape index (κ3) is 3.86. The fraction of sp³-hybridized carbons (Fsp3) is 0.444. The SMILES string of the molecule is COc1ccc(CN2C(=O)C(=O)N(c3cc4c(cc3C)C(C)(C)CCC4(C)C)C2=S)c(OC)c1. The number of carbonyl (C=O) groups excluding carboxylic acids is 2. The second kappa shape index (κ2) is 8.38. The summed E-state index contributed by atoms with van der Waals surface area (Å²) in [4.78, 5) is 28.9. The number of fused-ring (bicyclic) bond motifs is 1. The van der Waals surface area contributed by atoms with Crippen molar-refractivity contribution in [1.82, 2.24) is 4.90 Å². The number of thiocarbonyl (C=S) groups is 1. The quantitative estimate of drug-likeness (QED) is 0.444. The number of anilines is 1. The molecule has 6 nitrogen and oxygen atoms in total. The molecule has 0 aromatic heterocycles. The molecule has 0 bridgehead atoms. The molecule has 2 amide bonds. The number of hydrogen-bond donors (Lipinski definition) is 0. The molecule has 0 unspecified atom stereocenters. The predicted molar refractivity (Wildman–Crippen MR) is 137 cm³/mol. The molecule has 2 aliphatic rings. The Morgan fingerprint density at radius 3 is 2.12 bits per heavy atom. The third-order valence-electron chi connectivity index (χ3n) is 7.29. The van der Waals surface area contributed by atoms with E-state index in [1.165, 1.54) is 20.9 Å². The molecular weight excluding hydrogens is 448 g/mol. The molecule has 1 saturated heterocycles. The van der Waals surface area contributed by atoms with E-state index in [0.29, 0.717) is 17.2 Å². The maximum Gasteiger partial charge on any atom is 0.323 e. The lowest BCUT2D eigenvalue weighted by atomic mass is 9.63. The largest absolute Gasteiger partial charge is 0.497 e. The molecule has 0 saturated carbocycles. The van der Waals surface area contributed by atoms with Crippen molar-refractivity contribution in [1.29, 1.82) is 0 Å². The van der Waals surface area contributed by atoms with Crippen molar-refractivity contribution in [3.63, 3.8) is 0 Å². The Bertz CT molecular complexity index is 1200. The van der Waals surface area contributed by atoms with Gasteiger partial charge in [-0.1, -0.05) is 33.8 Å². The fourth-order valence-electron chi connectivity index (χ4n) is 4.96. The van der Waals surface area contributed by atoms with Gasteiger partial charge in [0.1, 0.15) is 11.5 Å². The van der Waals surface area contributed by atoms with E-state index in [1.807, 2.05) is 13.0 Å². The van der Waals surface area contributed by atoms with Crippen LogP contribution in [-0.2, 0) is 27.0 Å². The Labute approximate surface area is 206 Å². The van der Waals surface area contributed by atoms with Gasteiger partial charge in [0.15, 0.2) is 5.11 Å². The zero-order valence-corrected chi connectivity index (χ0v) is 21.8. The number of methoxy groups -OCH3 is 2. The van der Waals surface area contributed by atoms with Crippen molar-refractivity contribution >= 4 is 34.8 Å². The van der Waals surface area contributed by atoms with Crippen LogP contribution in [0.5, 0.6) is 11.5 Å². The van der Waals surface area contributed by atoms with E-state index < -0.39 is 11.8 Å². The van der Waals surface area contributed by atoms with E-state index >= 15 is 0 Å². The normalized spacial score (nSPS) is 18.9. The highest BCUT2D eigenvalue weighted by Gasteiger charge is 2.45. The number of hydrogen-bond acceptors (Lipinski definition) is 5. The van der Waals surface area contributed by atoms with Gasteiger partial charge in [-0.3, -0.25) is 14.5 Å². The van der Waals surface area contributed by atoms with Gasteiger partial charge in [0, 0.05) is 11.6 Å². The molecule has 2 aromatic rings. The van der Waals surface area contributed by atoms with E-state index in [-0.39, 0.29) is 22.5 Å². The topological polar surface area (TPSA) is 59.1 Å². The van der Waals surface area contributed by atoms with Gasteiger partial charge in [0.05, 0.1) is 26.5 Å². The van der Waals surface area contributed by atoms with Gasteiger partial charge in [-0.05, 0) is 77.7 Å². The molecule has 2 aromatic carbocycles. The van der Waals surface area contributed by atoms with Crippen molar-refractivity contribution < 1.29 is 19.1 Å². The minimum absolute atomic E-state index is 0.0299. The monoisotopic (exact) mass is 480 g/mol. The predicted octanol–water partition coefficient (Wildman–Crippen LogP) is 5.02. The van der Waals surface area contributed by atoms with Crippen LogP contribution in [0, 0.1) is 6.92 Å². The Hall–Kier alpha value is -2.93. The third-order valence-corrected chi connectivity index (χ3v) is 7.69. The summed E-state index contributed by atoms with van der Waals surface area (Å²) in [5, 5.41) is 0.184. The summed E-state index contributed by atoms with van der Waals surface area (Å²) in [6.45, 7) is 11.1. The standard InChI is InChI=1S/C27H32N2O4S/c1-16-12-19-20(27(4,5)11-10-26(19,2)3)14-21(16)29-24(31)23(30)28(25(29)34)15-17-8-9-18(32-6)13-22(17)33-7/h8-9,12-14H,10-11,15H2,1-7H3. The Morgan fingerprint density at radius 2 is 1.53 bits per heavy atom. The molecule has 1 aliphatic carbocycles. The van der Waals surface area contributed by atoms with E-state index in [0.717, 1.165) is 24.0 Å². The van der Waals surface area contributed by atoms with Crippen molar-refractivity contribution in [2.24, 2.45) is 0 Å². The van der Waals surface area contributed by atoms with Crippen LogP contribution in [0.1, 0.15) is 62.8 Å². The second-order valence-electron chi connectivity index (χ2n) is 10.4. The number of rotatable bonds is 5. The van der Waals surface area contributed by atoms with E-state index in [1.54, 1.807) is 26.4 Å². The molecule has 0 N–H and O–H groups in total. The maximum absolute atomic E-state index is 13.2. The Balaban J connectivity index is 1.73. The molecular formula is C27H32N2O4S. The zero-order chi connectivity index (χ0) is 25.0. The summed E-state index contributed by atoms with van der Waals surface area (Å²) < 4.78 is 10.7. The molecule has 0 radical (unpaired) electrons. The molecule has 0 spiro atoms. The Morgan fingerprint density at radius 1 is 0.912 bits per heavy atom. The number of nitrogens with zero attached hydrogens (tertiary/aromatic N) is 2. The molecule has 4 rings (SSSR count). The van der Waals surface area contributed by atoms with Crippen molar-refractivity contribution in [2.45, 2.75) is 64.8 Å². The minimum atomic E-state index is -0.639. The number of aryl methyl sites for hydroxylation is 1. The molecule has 180 valence electrons. The first kappa shape index (κ1) is 24.2. The first-order valence-corrected chi connectivity index (χ1v) is 11.9. The first-order chi connectivity index (χ1) is 15.9. The van der Waals surface area contributed by atoms with Crippen LogP contribution in [0.25, 0.3) is 0 Å². The number of ether oxygens (including phenoxy) is 2. The molecule has 1 aliphatic heterocycles. The average molecular weight is 481 g/mol. The van der Waals surface area contributed by atoms with Gasteiger partial charge in [-0.15, -0.1) is 0 Å². The summed E-state index contributed by atoms with van der Waals surface area (Å²) in [6, 6.07) is 9.59. The maximum atomic E-state index is 13.2. The van der Waals surface area contributed by atoms with Crippen LogP contribution in [0.3, 0.4) is 0 Å². The molecule has 7 heteroatoms. The van der Waals surface area contributed by atoms with Crippen molar-refractivity contribution in [3.8, 4) is 11.5 Å². The van der Waals surface area contributed by atoms with E-state index in [9.17, 15) is 9.59 Å². The van der Waals surface area contributed by atoms with Gasteiger partial charge >= 0.3 is 11.8 Å². The number of carbonyl (C=O) groups is 2. The zero-order valence-electron chi connectivity index (χ0n) is 20.9. The average Bonchev–Trinajstić information content (AvgIpc) is 3.00. The minimum Gasteiger partial charge on any atom is -0.497 e. The summed E-state index contributed by atoms with van der Waals surface area (Å²) in [5.41, 5.74) is 4.87. The van der Waals surface area contributed by atoms with Gasteiger partial charge in [0.2, 0.25) is 0 Å². The fourth-order valence-corrected chi connectivity index (χ4v) is 5.29. The first-order valence-electron chi connectivity index (χ1n) is 11.5. The lowest BCUT2D eigenvalue weighted by Crippen LogP contribution is -2.36. The highest BCUT2D eigenvalue weighted by atomic mass is 32.1. The van der Waals surface area contributed by atoms with Gasteiger partial charge in [-0.2, -0.15) is 0 Å². The molecule has 0 atom stereocenters. The Kier molecular flexibility index (Phi) is 5.96. The molecule has 1 heterocycles. The lowest BCUT2D eigenvalue weighted by molar-refractivity contribution is -0.139. The van der Waals surface area contributed by atoms with Crippen LogP contribution >= 0.6 is 12.2 Å². The summed E-state index contributed by atoms with van der Waals surface area (Å²) in [7, 11) is 3.13. The van der Waals surface area contributed by atoms with Crippen LogP contribution in [0.2, 0.25) is 0 Å². The van der Waals surface area contributed by atoms with Gasteiger partial charge in [-0.25, -0.2) is 4.90 Å². The van der Waals surface area contributed by atoms with Crippen LogP contribution < -0.4 is 14.4 Å². The van der Waals surface area contributed by atoms with Gasteiger partial charge < -0.3 is 9.47 Å². The summed E-state index contributed by atoms with van der Waals surface area (Å²) >= 11 is 5.69. The van der Waals surface area contributed by atoms with Crippen LogP contribution in [0.4, 0.5) is 5.69 Å². The van der Waals surface area contributed by atoms with Crippen molar-refractivity contribution in [3.05, 3.63) is 52.6 Å². The van der Waals surface area contributed by atoms with E-state index in [2.05, 4.69) is 39.8 Å². The molecule has 34 heavy (non-hydrogen) atoms. The summed E-state index contributed by atoms with van der Waals surface area (Å²) in [5.74, 6) is -0.0633. The van der Waals surface area contributed by atoms with Crippen molar-refractivity contribution in [2.75, 3.05) is 19.1 Å². The van der Waals surface area contributed by atoms with Gasteiger partial charge in [0.25, 0.3) is 0 Å². The number of benzene rings is 2. The van der Waals surface area contributed by atoms with Crippen LogP contribution in [0.15, 0.2) is 30.3 Å². The number of amides is 2. The summed E-state index contributed by atoms with van der Waals surface area (Å²) in [6.07, 6.45) is 2.15. The second-order valence-corrected chi connectivity index (χ2v) is 10.8. The lowest BCUT2D eigenvalue weighted by Gasteiger charge is -2.42.